The average molecular weight is 442 g/mol. The van der Waals surface area contributed by atoms with Crippen LogP contribution in [0.5, 0.6) is 0 Å². The van der Waals surface area contributed by atoms with Crippen LogP contribution in [-0.4, -0.2) is 58.2 Å². The number of esters is 1. The molecule has 9 nitrogen and oxygen atoms in total. The van der Waals surface area contributed by atoms with Gasteiger partial charge in [-0.3, -0.25) is 9.59 Å². The Balaban J connectivity index is 1.18. The van der Waals surface area contributed by atoms with Crippen LogP contribution in [0.1, 0.15) is 56.1 Å². The number of hydrogen-bond acceptors (Lipinski definition) is 7. The van der Waals surface area contributed by atoms with Gasteiger partial charge in [-0.15, -0.1) is 10.2 Å². The largest absolute Gasteiger partial charge is 0.464 e. The van der Waals surface area contributed by atoms with Crippen LogP contribution in [0.3, 0.4) is 0 Å². The standard InChI is InChI=1S/C23H32N6O3/c30-22(17-5-2-1-3-6-17)24-11-4-12-32-23(31)20-14-19-13-16(7-9-18(19)15-25-20)8-10-21-26-28-29-27-21/h1-3,5-6,16,18-20,25H,4,7-15H2,(H,24,30)(H,26,27,28,29)/t16-,18+,19-,20+/m1/s1/i20D. The minimum atomic E-state index is -1.40. The number of hydrogen-bond donors (Lipinski definition) is 3. The fourth-order valence-electron chi connectivity index (χ4n) is 4.79. The molecule has 172 valence electrons. The molecular formula is C23H32N6O3. The van der Waals surface area contributed by atoms with E-state index in [4.69, 9.17) is 6.11 Å². The summed E-state index contributed by atoms with van der Waals surface area (Å²) in [5.74, 6) is 1.46. The number of ether oxygens (including phenoxy) is 1. The Hall–Kier alpha value is -2.81. The smallest absolute Gasteiger partial charge is 0.323 e. The van der Waals surface area contributed by atoms with E-state index in [1.807, 2.05) is 18.2 Å². The highest BCUT2D eigenvalue weighted by molar-refractivity contribution is 5.94. The molecule has 1 saturated carbocycles. The van der Waals surface area contributed by atoms with E-state index in [0.29, 0.717) is 49.2 Å². The van der Waals surface area contributed by atoms with Crippen molar-refractivity contribution in [2.75, 3.05) is 19.7 Å². The van der Waals surface area contributed by atoms with Crippen molar-refractivity contribution in [1.82, 2.24) is 31.3 Å². The molecule has 0 bridgehead atoms. The molecule has 9 heteroatoms. The lowest BCUT2D eigenvalue weighted by Crippen LogP contribution is -2.50. The van der Waals surface area contributed by atoms with E-state index < -0.39 is 12.0 Å². The molecule has 1 aromatic carbocycles. The molecule has 1 saturated heterocycles. The summed E-state index contributed by atoms with van der Waals surface area (Å²) in [4.78, 5) is 24.7. The monoisotopic (exact) mass is 441 g/mol. The van der Waals surface area contributed by atoms with E-state index in [9.17, 15) is 9.59 Å². The van der Waals surface area contributed by atoms with Gasteiger partial charge in [-0.25, -0.2) is 0 Å². The van der Waals surface area contributed by atoms with Gasteiger partial charge in [0.2, 0.25) is 0 Å². The Morgan fingerprint density at radius 2 is 2.06 bits per heavy atom. The van der Waals surface area contributed by atoms with Gasteiger partial charge in [0.05, 0.1) is 7.98 Å². The Kier molecular flexibility index (Phi) is 7.35. The number of rotatable bonds is 9. The number of tetrazole rings is 1. The zero-order chi connectivity index (χ0) is 23.1. The number of nitrogens with one attached hydrogen (secondary N) is 3. The summed E-state index contributed by atoms with van der Waals surface area (Å²) < 4.78 is 14.1. The molecule has 3 N–H and O–H groups in total. The molecule has 4 rings (SSSR count). The second-order valence-corrected chi connectivity index (χ2v) is 8.74. The molecule has 1 amide bonds. The quantitative estimate of drug-likeness (QED) is 0.401. The molecule has 0 radical (unpaired) electrons. The average Bonchev–Trinajstić information content (AvgIpc) is 3.36. The summed E-state index contributed by atoms with van der Waals surface area (Å²) in [6.07, 6.45) is 6.06. The first-order chi connectivity index (χ1) is 16.0. The number of H-pyrrole nitrogens is 1. The topological polar surface area (TPSA) is 122 Å². The van der Waals surface area contributed by atoms with Crippen LogP contribution in [0, 0.1) is 17.8 Å². The maximum Gasteiger partial charge on any atom is 0.323 e. The predicted molar refractivity (Wildman–Crippen MR) is 118 cm³/mol. The molecule has 2 aliphatic rings. The minimum absolute atomic E-state index is 0.148. The lowest BCUT2D eigenvalue weighted by atomic mass is 9.69. The van der Waals surface area contributed by atoms with Gasteiger partial charge in [-0.05, 0) is 68.5 Å². The lowest BCUT2D eigenvalue weighted by molar-refractivity contribution is -0.148. The van der Waals surface area contributed by atoms with Crippen molar-refractivity contribution in [3.8, 4) is 0 Å². The fourth-order valence-corrected chi connectivity index (χ4v) is 4.79. The number of aryl methyl sites for hydroxylation is 1. The van der Waals surface area contributed by atoms with Crippen molar-refractivity contribution in [2.24, 2.45) is 17.8 Å². The van der Waals surface area contributed by atoms with E-state index in [-0.39, 0.29) is 12.5 Å². The van der Waals surface area contributed by atoms with Gasteiger partial charge in [0.25, 0.3) is 5.91 Å². The van der Waals surface area contributed by atoms with Crippen molar-refractivity contribution >= 4 is 11.9 Å². The Morgan fingerprint density at radius 1 is 1.19 bits per heavy atom. The normalized spacial score (nSPS) is 27.8. The number of piperidine rings is 1. The van der Waals surface area contributed by atoms with Gasteiger partial charge in [0, 0.05) is 18.5 Å². The van der Waals surface area contributed by atoms with Gasteiger partial charge >= 0.3 is 5.97 Å². The van der Waals surface area contributed by atoms with Crippen molar-refractivity contribution < 1.29 is 15.7 Å². The number of nitrogens with zero attached hydrogens (tertiary/aromatic N) is 3. The maximum atomic E-state index is 12.7. The van der Waals surface area contributed by atoms with Crippen molar-refractivity contribution in [1.29, 1.82) is 0 Å². The van der Waals surface area contributed by atoms with Crippen LogP contribution in [0.4, 0.5) is 0 Å². The van der Waals surface area contributed by atoms with Crippen molar-refractivity contribution in [2.45, 2.75) is 51.0 Å². The van der Waals surface area contributed by atoms with Gasteiger partial charge in [-0.2, -0.15) is 5.21 Å². The number of carbonyl (C=O) groups excluding carboxylic acids is 2. The zero-order valence-electron chi connectivity index (χ0n) is 19.3. The van der Waals surface area contributed by atoms with Gasteiger partial charge < -0.3 is 15.4 Å². The molecule has 2 heterocycles. The van der Waals surface area contributed by atoms with Crippen molar-refractivity contribution in [3.63, 3.8) is 0 Å². The fraction of sp³-hybridized carbons (Fsp3) is 0.609. The van der Waals surface area contributed by atoms with Crippen LogP contribution >= 0.6 is 0 Å². The molecule has 0 unspecified atom stereocenters. The highest BCUT2D eigenvalue weighted by Gasteiger charge is 2.38. The summed E-state index contributed by atoms with van der Waals surface area (Å²) in [6, 6.07) is 7.59. The van der Waals surface area contributed by atoms with Gasteiger partial charge in [0.1, 0.15) is 6.02 Å². The molecule has 2 aromatic rings. The minimum Gasteiger partial charge on any atom is -0.464 e. The van der Waals surface area contributed by atoms with Crippen LogP contribution in [0.25, 0.3) is 0 Å². The van der Waals surface area contributed by atoms with Crippen LogP contribution in [-0.2, 0) is 16.0 Å². The predicted octanol–water partition coefficient (Wildman–Crippen LogP) is 1.89. The first-order valence-electron chi connectivity index (χ1n) is 12.0. The van der Waals surface area contributed by atoms with Crippen LogP contribution in [0.15, 0.2) is 30.3 Å². The summed E-state index contributed by atoms with van der Waals surface area (Å²) >= 11 is 0. The number of fused-ring (bicyclic) bond motifs is 1. The summed E-state index contributed by atoms with van der Waals surface area (Å²) in [5.41, 5.74) is 0.601. The zero-order valence-corrected chi connectivity index (χ0v) is 18.3. The lowest BCUT2D eigenvalue weighted by Gasteiger charge is -2.42. The maximum absolute atomic E-state index is 12.7. The highest BCUT2D eigenvalue weighted by Crippen LogP contribution is 2.40. The third-order valence-electron chi connectivity index (χ3n) is 6.58. The van der Waals surface area contributed by atoms with E-state index in [1.54, 1.807) is 12.1 Å². The Labute approximate surface area is 189 Å². The molecule has 1 aromatic heterocycles. The van der Waals surface area contributed by atoms with E-state index in [1.165, 1.54) is 0 Å². The first kappa shape index (κ1) is 21.1. The number of amides is 1. The summed E-state index contributed by atoms with van der Waals surface area (Å²) in [5, 5.41) is 20.1. The van der Waals surface area contributed by atoms with E-state index in [2.05, 4.69) is 31.3 Å². The van der Waals surface area contributed by atoms with Crippen molar-refractivity contribution in [3.05, 3.63) is 41.7 Å². The van der Waals surface area contributed by atoms with Gasteiger partial charge in [-0.1, -0.05) is 29.8 Å². The molecule has 32 heavy (non-hydrogen) atoms. The molecule has 0 spiro atoms. The van der Waals surface area contributed by atoms with Gasteiger partial charge in [0.15, 0.2) is 5.82 Å². The van der Waals surface area contributed by atoms with Crippen LogP contribution in [0.2, 0.25) is 0 Å². The third-order valence-corrected chi connectivity index (χ3v) is 6.58. The molecule has 1 aliphatic heterocycles. The second kappa shape index (κ2) is 11.2. The van der Waals surface area contributed by atoms with E-state index in [0.717, 1.165) is 37.9 Å². The van der Waals surface area contributed by atoms with E-state index >= 15 is 0 Å². The number of benzene rings is 1. The SMILES string of the molecule is [2H][C@@]1(C(=O)OCCCNC(=O)c2ccccc2)C[C@H]2C[C@@H](CCc3nn[nH]n3)CC[C@H]2CN1. The molecule has 2 fully saturated rings. The second-order valence-electron chi connectivity index (χ2n) is 8.74. The number of carbonyl (C=O) groups is 2. The highest BCUT2D eigenvalue weighted by atomic mass is 16.5. The molecular weight excluding hydrogens is 408 g/mol. The third kappa shape index (κ3) is 6.12. The Morgan fingerprint density at radius 3 is 2.88 bits per heavy atom. The van der Waals surface area contributed by atoms with Crippen LogP contribution < -0.4 is 10.6 Å². The molecule has 1 aliphatic carbocycles. The Bertz CT molecular complexity index is 912. The first-order valence-corrected chi connectivity index (χ1v) is 11.5. The molecule has 4 atom stereocenters. The number of aromatic amines is 1. The summed E-state index contributed by atoms with van der Waals surface area (Å²) in [6.45, 7) is 1.26. The number of aromatic nitrogens is 4. The summed E-state index contributed by atoms with van der Waals surface area (Å²) in [7, 11) is 0.